The second-order valence-corrected chi connectivity index (χ2v) is 9.52. The van der Waals surface area contributed by atoms with Gasteiger partial charge in [0.2, 0.25) is 10.0 Å². The third-order valence-electron chi connectivity index (χ3n) is 4.95. The fraction of sp³-hybridized carbons (Fsp3) is 0.174. The van der Waals surface area contributed by atoms with Crippen LogP contribution in [0.5, 0.6) is 0 Å². The summed E-state index contributed by atoms with van der Waals surface area (Å²) in [5, 5.41) is 0.595. The molecule has 1 aliphatic rings. The van der Waals surface area contributed by atoms with Gasteiger partial charge in [-0.15, -0.1) is 0 Å². The Hall–Kier alpha value is -2.87. The zero-order valence-electron chi connectivity index (χ0n) is 16.8. The molecule has 0 fully saturated rings. The van der Waals surface area contributed by atoms with E-state index in [9.17, 15) is 13.2 Å². The minimum Gasteiger partial charge on any atom is -0.367 e. The van der Waals surface area contributed by atoms with E-state index in [1.165, 1.54) is 0 Å². The van der Waals surface area contributed by atoms with E-state index in [0.717, 1.165) is 34.2 Å². The number of carbonyl (C=O) groups excluding carboxylic acids is 1. The number of sulfonamides is 1. The molecule has 160 valence electrons. The fourth-order valence-corrected chi connectivity index (χ4v) is 4.27. The van der Waals surface area contributed by atoms with Crippen LogP contribution >= 0.6 is 11.6 Å². The molecule has 6 nitrogen and oxygen atoms in total. The lowest BCUT2D eigenvalue weighted by molar-refractivity contribution is -0.123. The summed E-state index contributed by atoms with van der Waals surface area (Å²) in [6.45, 7) is 0.645. The number of halogens is 1. The third-order valence-corrected chi connectivity index (χ3v) is 5.92. The van der Waals surface area contributed by atoms with E-state index in [-0.39, 0.29) is 12.5 Å². The number of benzene rings is 3. The summed E-state index contributed by atoms with van der Waals surface area (Å²) in [6, 6.07) is 20.3. The van der Waals surface area contributed by atoms with Crippen molar-refractivity contribution in [3.63, 3.8) is 0 Å². The van der Waals surface area contributed by atoms with Crippen molar-refractivity contribution >= 4 is 38.9 Å². The highest BCUT2D eigenvalue weighted by atomic mass is 35.5. The van der Waals surface area contributed by atoms with Gasteiger partial charge in [-0.2, -0.15) is 0 Å². The zero-order chi connectivity index (χ0) is 22.0. The van der Waals surface area contributed by atoms with Crippen molar-refractivity contribution in [2.24, 2.45) is 0 Å². The van der Waals surface area contributed by atoms with Gasteiger partial charge in [0, 0.05) is 16.3 Å². The van der Waals surface area contributed by atoms with Crippen molar-refractivity contribution in [2.45, 2.75) is 13.2 Å². The first-order valence-electron chi connectivity index (χ1n) is 9.63. The number of ether oxygens (including phenoxy) is 1. The van der Waals surface area contributed by atoms with Gasteiger partial charge in [0.1, 0.15) is 6.61 Å². The van der Waals surface area contributed by atoms with Gasteiger partial charge in [-0.1, -0.05) is 54.1 Å². The van der Waals surface area contributed by atoms with Gasteiger partial charge in [0.15, 0.2) is 0 Å². The Balaban J connectivity index is 1.74. The van der Waals surface area contributed by atoms with E-state index in [1.54, 1.807) is 29.2 Å². The van der Waals surface area contributed by atoms with E-state index >= 15 is 0 Å². The van der Waals surface area contributed by atoms with E-state index in [4.69, 9.17) is 16.3 Å². The quantitative estimate of drug-likeness (QED) is 0.615. The lowest BCUT2D eigenvalue weighted by atomic mass is 10.0. The Morgan fingerprint density at radius 2 is 1.77 bits per heavy atom. The van der Waals surface area contributed by atoms with Gasteiger partial charge in [0.05, 0.1) is 25.1 Å². The molecule has 1 N–H and O–H groups in total. The minimum atomic E-state index is -3.38. The van der Waals surface area contributed by atoms with Crippen LogP contribution in [0.1, 0.15) is 11.1 Å². The smallest absolute Gasteiger partial charge is 0.253 e. The standard InChI is InChI=1S/C23H21ClN2O4S/c1-31(28,29)25-20-7-4-6-16(11-20)17-9-10-19-14-30-15-23(27)26(22(19)12-17)13-18-5-2-3-8-21(18)24/h2-12,25H,13-15H2,1H3. The largest absolute Gasteiger partial charge is 0.367 e. The summed E-state index contributed by atoms with van der Waals surface area (Å²) < 4.78 is 31.2. The maximum atomic E-state index is 12.8. The highest BCUT2D eigenvalue weighted by molar-refractivity contribution is 7.92. The first-order valence-corrected chi connectivity index (χ1v) is 11.9. The molecule has 0 atom stereocenters. The number of anilines is 2. The second-order valence-electron chi connectivity index (χ2n) is 7.36. The maximum Gasteiger partial charge on any atom is 0.253 e. The molecule has 8 heteroatoms. The molecule has 3 aromatic rings. The molecule has 0 spiro atoms. The average Bonchev–Trinajstić information content (AvgIpc) is 2.87. The molecule has 1 amide bonds. The third kappa shape index (κ3) is 5.07. The lowest BCUT2D eigenvalue weighted by Gasteiger charge is -2.24. The number of nitrogens with one attached hydrogen (secondary N) is 1. The Kier molecular flexibility index (Phi) is 6.00. The number of fused-ring (bicyclic) bond motifs is 1. The maximum absolute atomic E-state index is 12.8. The van der Waals surface area contributed by atoms with Crippen LogP contribution in [-0.2, 0) is 32.7 Å². The van der Waals surface area contributed by atoms with Gasteiger partial charge in [0.25, 0.3) is 5.91 Å². The predicted octanol–water partition coefficient (Wildman–Crippen LogP) is 4.44. The molecule has 0 aromatic heterocycles. The van der Waals surface area contributed by atoms with Gasteiger partial charge in [-0.05, 0) is 41.0 Å². The van der Waals surface area contributed by atoms with Gasteiger partial charge in [-0.3, -0.25) is 9.52 Å². The molecule has 3 aromatic carbocycles. The number of rotatable bonds is 5. The topological polar surface area (TPSA) is 75.7 Å². The first kappa shape index (κ1) is 21.4. The van der Waals surface area contributed by atoms with Crippen molar-refractivity contribution < 1.29 is 17.9 Å². The predicted molar refractivity (Wildman–Crippen MR) is 123 cm³/mol. The average molecular weight is 457 g/mol. The van der Waals surface area contributed by atoms with Crippen molar-refractivity contribution in [1.29, 1.82) is 0 Å². The van der Waals surface area contributed by atoms with Crippen LogP contribution in [0, 0.1) is 0 Å². The first-order chi connectivity index (χ1) is 14.8. The second kappa shape index (κ2) is 8.70. The summed E-state index contributed by atoms with van der Waals surface area (Å²) in [5.74, 6) is -0.150. The SMILES string of the molecule is CS(=O)(=O)Nc1cccc(-c2ccc3c(c2)N(Cc2ccccc2Cl)C(=O)COC3)c1. The van der Waals surface area contributed by atoms with E-state index in [0.29, 0.717) is 23.9 Å². The molecule has 0 aliphatic carbocycles. The minimum absolute atomic E-state index is 0.0117. The summed E-state index contributed by atoms with van der Waals surface area (Å²) in [5.41, 5.74) is 4.65. The highest BCUT2D eigenvalue weighted by Crippen LogP contribution is 2.33. The van der Waals surface area contributed by atoms with Crippen LogP contribution in [-0.4, -0.2) is 27.2 Å². The van der Waals surface area contributed by atoms with E-state index in [1.807, 2.05) is 42.5 Å². The van der Waals surface area contributed by atoms with E-state index < -0.39 is 10.0 Å². The number of nitrogens with zero attached hydrogens (tertiary/aromatic N) is 1. The molecule has 0 saturated heterocycles. The molecule has 1 aliphatic heterocycles. The van der Waals surface area contributed by atoms with Crippen LogP contribution in [0.4, 0.5) is 11.4 Å². The number of hydrogen-bond donors (Lipinski definition) is 1. The summed E-state index contributed by atoms with van der Waals surface area (Å²) in [6.07, 6.45) is 1.11. The van der Waals surface area contributed by atoms with Crippen molar-refractivity contribution in [3.05, 3.63) is 82.9 Å². The van der Waals surface area contributed by atoms with E-state index in [2.05, 4.69) is 4.72 Å². The monoisotopic (exact) mass is 456 g/mol. The zero-order valence-corrected chi connectivity index (χ0v) is 18.4. The molecule has 1 heterocycles. The van der Waals surface area contributed by atoms with Crippen molar-refractivity contribution in [2.75, 3.05) is 22.5 Å². The molecule has 0 unspecified atom stereocenters. The van der Waals surface area contributed by atoms with Crippen LogP contribution in [0.25, 0.3) is 11.1 Å². The molecular weight excluding hydrogens is 436 g/mol. The number of hydrogen-bond acceptors (Lipinski definition) is 4. The number of carbonyl (C=O) groups is 1. The molecule has 0 radical (unpaired) electrons. The molecule has 4 rings (SSSR count). The lowest BCUT2D eigenvalue weighted by Crippen LogP contribution is -2.32. The fourth-order valence-electron chi connectivity index (χ4n) is 3.52. The van der Waals surface area contributed by atoms with Gasteiger partial charge >= 0.3 is 0 Å². The van der Waals surface area contributed by atoms with Crippen molar-refractivity contribution in [3.8, 4) is 11.1 Å². The normalized spacial score (nSPS) is 14.1. The van der Waals surface area contributed by atoms with Crippen LogP contribution < -0.4 is 9.62 Å². The van der Waals surface area contributed by atoms with Crippen LogP contribution in [0.3, 0.4) is 0 Å². The molecule has 31 heavy (non-hydrogen) atoms. The highest BCUT2D eigenvalue weighted by Gasteiger charge is 2.24. The molecule has 0 saturated carbocycles. The Labute approximate surface area is 186 Å². The van der Waals surface area contributed by atoms with Gasteiger partial charge < -0.3 is 9.64 Å². The number of amides is 1. The van der Waals surface area contributed by atoms with Crippen molar-refractivity contribution in [1.82, 2.24) is 0 Å². The Morgan fingerprint density at radius 3 is 2.55 bits per heavy atom. The Bertz CT molecular complexity index is 1240. The summed E-state index contributed by atoms with van der Waals surface area (Å²) in [7, 11) is -3.38. The molecule has 0 bridgehead atoms. The summed E-state index contributed by atoms with van der Waals surface area (Å²) >= 11 is 6.33. The Morgan fingerprint density at radius 1 is 1.00 bits per heavy atom. The molecular formula is C23H21ClN2O4S. The van der Waals surface area contributed by atoms with Crippen LogP contribution in [0.2, 0.25) is 5.02 Å². The van der Waals surface area contributed by atoms with Gasteiger partial charge in [-0.25, -0.2) is 8.42 Å². The summed E-state index contributed by atoms with van der Waals surface area (Å²) in [4.78, 5) is 14.5. The van der Waals surface area contributed by atoms with Crippen LogP contribution in [0.15, 0.2) is 66.7 Å².